The van der Waals surface area contributed by atoms with E-state index in [1.165, 1.54) is 36.0 Å². The zero-order valence-corrected chi connectivity index (χ0v) is 17.9. The Morgan fingerprint density at radius 1 is 0.871 bits per heavy atom. The summed E-state index contributed by atoms with van der Waals surface area (Å²) in [6, 6.07) is 16.4. The van der Waals surface area contributed by atoms with Gasteiger partial charge in [-0.05, 0) is 65.4 Å². The predicted octanol–water partition coefficient (Wildman–Crippen LogP) is 8.30. The van der Waals surface area contributed by atoms with Crippen molar-refractivity contribution in [3.8, 4) is 11.1 Å². The van der Waals surface area contributed by atoms with Crippen LogP contribution in [0.1, 0.15) is 30.9 Å². The second-order valence-electron chi connectivity index (χ2n) is 7.75. The van der Waals surface area contributed by atoms with Gasteiger partial charge in [-0.3, -0.25) is 0 Å². The monoisotopic (exact) mass is 433 g/mol. The molecule has 0 aromatic heterocycles. The number of aliphatic imine (C=N–C) groups is 1. The van der Waals surface area contributed by atoms with Gasteiger partial charge in [0.1, 0.15) is 5.69 Å². The molecule has 0 radical (unpaired) electrons. The van der Waals surface area contributed by atoms with Gasteiger partial charge in [0.2, 0.25) is 0 Å². The van der Waals surface area contributed by atoms with Crippen molar-refractivity contribution in [3.05, 3.63) is 77.4 Å². The summed E-state index contributed by atoms with van der Waals surface area (Å²) < 4.78 is 27.8. The van der Waals surface area contributed by atoms with E-state index in [1.54, 1.807) is 0 Å². The third-order valence-corrected chi connectivity index (χ3v) is 5.65. The number of rotatable bonds is 6. The van der Waals surface area contributed by atoms with Crippen molar-refractivity contribution in [2.45, 2.75) is 32.6 Å². The molecule has 1 aliphatic carbocycles. The van der Waals surface area contributed by atoms with Crippen molar-refractivity contribution in [2.75, 3.05) is 0 Å². The zero-order chi connectivity index (χ0) is 21.8. The summed E-state index contributed by atoms with van der Waals surface area (Å²) in [5.74, 6) is -0.956. The number of thiocarbonyl (C=S) groups is 1. The SMILES string of the molecule is CCCC1Cc2ccc(-c3ccc(N=Nc4cc(F)c(N=C=S)c(F)c4)cc3)cc2C1. The van der Waals surface area contributed by atoms with Crippen molar-refractivity contribution >= 4 is 34.4 Å². The number of benzene rings is 3. The summed E-state index contributed by atoms with van der Waals surface area (Å²) in [7, 11) is 0. The third kappa shape index (κ3) is 4.82. The lowest BCUT2D eigenvalue weighted by molar-refractivity contribution is 0.507. The van der Waals surface area contributed by atoms with E-state index in [0.29, 0.717) is 5.69 Å². The van der Waals surface area contributed by atoms with Crippen LogP contribution in [0, 0.1) is 17.6 Å². The molecule has 1 atom stereocenters. The highest BCUT2D eigenvalue weighted by Gasteiger charge is 2.20. The Kier molecular flexibility index (Phi) is 6.40. The van der Waals surface area contributed by atoms with Gasteiger partial charge in [-0.25, -0.2) is 8.78 Å². The number of azo groups is 1. The number of hydrogen-bond acceptors (Lipinski definition) is 4. The highest BCUT2D eigenvalue weighted by atomic mass is 32.1. The van der Waals surface area contributed by atoms with Gasteiger partial charge in [-0.15, -0.1) is 0 Å². The van der Waals surface area contributed by atoms with E-state index < -0.39 is 17.3 Å². The first-order chi connectivity index (χ1) is 15.1. The minimum atomic E-state index is -0.862. The number of nitrogens with zero attached hydrogens (tertiary/aromatic N) is 3. The number of hydrogen-bond donors (Lipinski definition) is 0. The smallest absolute Gasteiger partial charge is 0.154 e. The van der Waals surface area contributed by atoms with Crippen LogP contribution in [0.15, 0.2) is 69.8 Å². The molecule has 31 heavy (non-hydrogen) atoms. The third-order valence-electron chi connectivity index (χ3n) is 5.56. The van der Waals surface area contributed by atoms with Crippen molar-refractivity contribution in [1.29, 1.82) is 0 Å². The molecular weight excluding hydrogens is 412 g/mol. The molecule has 0 aliphatic heterocycles. The fourth-order valence-electron chi connectivity index (χ4n) is 4.10. The molecule has 0 fully saturated rings. The molecule has 3 aromatic rings. The summed E-state index contributed by atoms with van der Waals surface area (Å²) in [6.45, 7) is 2.24. The Bertz CT molecular complexity index is 1160. The van der Waals surface area contributed by atoms with Gasteiger partial charge in [0.15, 0.2) is 11.6 Å². The molecule has 0 heterocycles. The minimum absolute atomic E-state index is 0.0580. The lowest BCUT2D eigenvalue weighted by Crippen LogP contribution is -1.97. The minimum Gasteiger partial charge on any atom is -0.204 e. The van der Waals surface area contributed by atoms with Crippen molar-refractivity contribution in [2.24, 2.45) is 21.1 Å². The van der Waals surface area contributed by atoms with Gasteiger partial charge in [-0.1, -0.05) is 50.1 Å². The molecule has 4 rings (SSSR count). The quantitative estimate of drug-likeness (QED) is 0.219. The summed E-state index contributed by atoms with van der Waals surface area (Å²) >= 11 is 4.39. The largest absolute Gasteiger partial charge is 0.204 e. The van der Waals surface area contributed by atoms with Gasteiger partial charge in [0.05, 0.1) is 16.5 Å². The summed E-state index contributed by atoms with van der Waals surface area (Å²) in [5.41, 5.74) is 5.36. The number of fused-ring (bicyclic) bond motifs is 1. The summed E-state index contributed by atoms with van der Waals surface area (Å²) in [5, 5.41) is 9.97. The molecule has 0 bridgehead atoms. The van der Waals surface area contributed by atoms with E-state index in [1.807, 2.05) is 29.4 Å². The molecular formula is C25H21F2N3S. The topological polar surface area (TPSA) is 37.1 Å². The Hall–Kier alpha value is -3.08. The maximum absolute atomic E-state index is 13.9. The van der Waals surface area contributed by atoms with Gasteiger partial charge in [0, 0.05) is 12.1 Å². The molecule has 1 unspecified atom stereocenters. The van der Waals surface area contributed by atoms with E-state index >= 15 is 0 Å². The fraction of sp³-hybridized carbons (Fsp3) is 0.240. The predicted molar refractivity (Wildman–Crippen MR) is 123 cm³/mol. The maximum atomic E-state index is 13.9. The van der Waals surface area contributed by atoms with Crippen LogP contribution in [0.4, 0.5) is 25.8 Å². The molecule has 0 saturated carbocycles. The average Bonchev–Trinajstić information content (AvgIpc) is 3.17. The molecule has 0 saturated heterocycles. The molecule has 6 heteroatoms. The normalized spacial score (nSPS) is 15.1. The zero-order valence-electron chi connectivity index (χ0n) is 17.1. The summed E-state index contributed by atoms with van der Waals surface area (Å²) in [6.07, 6.45) is 4.85. The molecule has 156 valence electrons. The molecule has 0 spiro atoms. The van der Waals surface area contributed by atoms with Crippen LogP contribution in [-0.4, -0.2) is 5.16 Å². The van der Waals surface area contributed by atoms with Crippen LogP contribution in [0.5, 0.6) is 0 Å². The second-order valence-corrected chi connectivity index (χ2v) is 7.94. The van der Waals surface area contributed by atoms with Crippen LogP contribution in [-0.2, 0) is 12.8 Å². The van der Waals surface area contributed by atoms with Gasteiger partial charge in [0.25, 0.3) is 0 Å². The Morgan fingerprint density at radius 2 is 1.52 bits per heavy atom. The molecule has 3 nitrogen and oxygen atoms in total. The van der Waals surface area contributed by atoms with Crippen LogP contribution in [0.25, 0.3) is 11.1 Å². The highest BCUT2D eigenvalue weighted by molar-refractivity contribution is 7.78. The average molecular weight is 434 g/mol. The molecule has 0 amide bonds. The molecule has 3 aromatic carbocycles. The van der Waals surface area contributed by atoms with Gasteiger partial charge in [-0.2, -0.15) is 15.2 Å². The first kappa shape index (κ1) is 21.2. The standard InChI is InChI=1S/C25H21F2N3S/c1-2-3-16-10-18-4-5-19(12-20(18)11-16)17-6-8-21(9-7-17)29-30-22-13-23(26)25(28-15-31)24(27)14-22/h4-9,12-14,16H,2-3,10-11H2,1H3. The Labute approximate surface area is 185 Å². The number of halogens is 2. The molecule has 0 N–H and O–H groups in total. The number of isothiocyanates is 1. The first-order valence-corrected chi connectivity index (χ1v) is 10.7. The van der Waals surface area contributed by atoms with Crippen LogP contribution < -0.4 is 0 Å². The van der Waals surface area contributed by atoms with Gasteiger partial charge >= 0.3 is 0 Å². The van der Waals surface area contributed by atoms with E-state index in [2.05, 4.69) is 52.6 Å². The van der Waals surface area contributed by atoms with Gasteiger partial charge < -0.3 is 0 Å². The van der Waals surface area contributed by atoms with E-state index in [-0.39, 0.29) is 5.69 Å². The first-order valence-electron chi connectivity index (χ1n) is 10.3. The van der Waals surface area contributed by atoms with Crippen molar-refractivity contribution < 1.29 is 8.78 Å². The fourth-order valence-corrected chi connectivity index (χ4v) is 4.19. The molecule has 1 aliphatic rings. The lowest BCUT2D eigenvalue weighted by atomic mass is 10.00. The van der Waals surface area contributed by atoms with Crippen LogP contribution in [0.3, 0.4) is 0 Å². The van der Waals surface area contributed by atoms with Crippen molar-refractivity contribution in [1.82, 2.24) is 0 Å². The van der Waals surface area contributed by atoms with E-state index in [9.17, 15) is 8.78 Å². The van der Waals surface area contributed by atoms with Crippen LogP contribution >= 0.6 is 12.2 Å². The maximum Gasteiger partial charge on any atom is 0.154 e. The Morgan fingerprint density at radius 3 is 2.19 bits per heavy atom. The van der Waals surface area contributed by atoms with Crippen molar-refractivity contribution in [3.63, 3.8) is 0 Å². The van der Waals surface area contributed by atoms with E-state index in [4.69, 9.17) is 0 Å². The summed E-state index contributed by atoms with van der Waals surface area (Å²) in [4.78, 5) is 3.38. The second kappa shape index (κ2) is 9.38. The lowest BCUT2D eigenvalue weighted by Gasteiger charge is -2.06. The Balaban J connectivity index is 1.50. The van der Waals surface area contributed by atoms with Crippen LogP contribution in [0.2, 0.25) is 0 Å². The van der Waals surface area contributed by atoms with E-state index in [0.717, 1.165) is 30.0 Å². The highest BCUT2D eigenvalue weighted by Crippen LogP contribution is 2.34.